The van der Waals surface area contributed by atoms with Crippen LogP contribution in [-0.2, 0) is 4.74 Å². The van der Waals surface area contributed by atoms with Crippen LogP contribution in [0.5, 0.6) is 0 Å². The molecule has 0 amide bonds. The fourth-order valence-corrected chi connectivity index (χ4v) is 0.751. The van der Waals surface area contributed by atoms with Gasteiger partial charge in [-0.25, -0.2) is 0 Å². The van der Waals surface area contributed by atoms with E-state index in [2.05, 4.69) is 16.3 Å². The average molecular weight is 299 g/mol. The number of hydrogen-bond acceptors (Lipinski definition) is 1. The smallest absolute Gasteiger partial charge is 0.296 e. The third-order valence-corrected chi connectivity index (χ3v) is 1.52. The van der Waals surface area contributed by atoms with Crippen LogP contribution in [0.2, 0.25) is 0 Å². The molecule has 11 heteroatoms. The first kappa shape index (κ1) is 16.6. The third kappa shape index (κ3) is 2.90. The van der Waals surface area contributed by atoms with Crippen LogP contribution in [0.15, 0.2) is 0 Å². The summed E-state index contributed by atoms with van der Waals surface area (Å²) in [5.41, 5.74) is -2.19. The van der Waals surface area contributed by atoms with Crippen molar-refractivity contribution in [3.05, 3.63) is 0 Å². The predicted molar refractivity (Wildman–Crippen MR) is 37.3 cm³/mol. The Bertz CT molecular complexity index is 271. The van der Waals surface area contributed by atoms with Crippen molar-refractivity contribution in [1.82, 2.24) is 0 Å². The molecule has 0 aliphatic rings. The number of hydrogen-bond donors (Lipinski definition) is 0. The van der Waals surface area contributed by atoms with Gasteiger partial charge >= 0.3 is 24.1 Å². The van der Waals surface area contributed by atoms with Crippen LogP contribution in [0.4, 0.5) is 39.5 Å². The molecule has 0 rings (SSSR count). The Labute approximate surface area is 93.5 Å². The molecule has 1 unspecified atom stereocenters. The van der Waals surface area contributed by atoms with E-state index in [0.717, 1.165) is 0 Å². The summed E-state index contributed by atoms with van der Waals surface area (Å²) in [6, 6.07) is 0. The van der Waals surface area contributed by atoms with Gasteiger partial charge < -0.3 is 0 Å². The summed E-state index contributed by atoms with van der Waals surface area (Å²) >= 11 is 4.67. The van der Waals surface area contributed by atoms with Gasteiger partial charge in [-0.1, -0.05) is 11.6 Å². The Morgan fingerprint density at radius 1 is 0.824 bits per heavy atom. The van der Waals surface area contributed by atoms with E-state index in [9.17, 15) is 39.5 Å². The minimum Gasteiger partial charge on any atom is -0.296 e. The van der Waals surface area contributed by atoms with Crippen molar-refractivity contribution in [2.75, 3.05) is 0 Å². The quantitative estimate of drug-likeness (QED) is 0.563. The van der Waals surface area contributed by atoms with Crippen molar-refractivity contribution in [3.8, 4) is 0 Å². The van der Waals surface area contributed by atoms with Crippen LogP contribution < -0.4 is 0 Å². The highest BCUT2D eigenvalue weighted by atomic mass is 35.5. The predicted octanol–water partition coefficient (Wildman–Crippen LogP) is 4.01. The normalized spacial score (nSPS) is 17.1. The molecular formula is C6H4ClF9O. The lowest BCUT2D eigenvalue weighted by Crippen LogP contribution is -2.62. The van der Waals surface area contributed by atoms with E-state index in [0.29, 0.717) is 6.92 Å². The second-order valence-electron chi connectivity index (χ2n) is 2.82. The molecule has 0 aromatic carbocycles. The van der Waals surface area contributed by atoms with E-state index in [1.807, 2.05) is 0 Å². The molecule has 0 saturated carbocycles. The summed E-state index contributed by atoms with van der Waals surface area (Å²) in [5, 5.41) is 0. The van der Waals surface area contributed by atoms with Crippen LogP contribution >= 0.6 is 11.6 Å². The number of ether oxygens (including phenoxy) is 1. The second-order valence-corrected chi connectivity index (χ2v) is 3.44. The van der Waals surface area contributed by atoms with Crippen LogP contribution in [-0.4, -0.2) is 29.7 Å². The highest BCUT2D eigenvalue weighted by Crippen LogP contribution is 2.53. The maximum absolute atomic E-state index is 12.4. The van der Waals surface area contributed by atoms with Gasteiger partial charge in [-0.3, -0.25) is 4.74 Å². The first-order valence-corrected chi connectivity index (χ1v) is 4.12. The first-order chi connectivity index (χ1) is 7.17. The molecule has 0 aliphatic heterocycles. The lowest BCUT2D eigenvalue weighted by Gasteiger charge is -2.33. The standard InChI is InChI=1S/C6H4ClF9O/c1-2(7)17-6(15,16)4(10,11)3(8,9)5(12,13)14/h2H,1H3. The van der Waals surface area contributed by atoms with Crippen LogP contribution in [0.25, 0.3) is 0 Å². The monoisotopic (exact) mass is 298 g/mol. The lowest BCUT2D eigenvalue weighted by atomic mass is 10.1. The van der Waals surface area contributed by atoms with E-state index in [1.54, 1.807) is 0 Å². The second kappa shape index (κ2) is 4.38. The summed E-state index contributed by atoms with van der Waals surface area (Å²) in [6.45, 7) is 0.539. The van der Waals surface area contributed by atoms with Crippen molar-refractivity contribution >= 4 is 11.6 Å². The van der Waals surface area contributed by atoms with Crippen LogP contribution in [0, 0.1) is 0 Å². The Hall–Kier alpha value is -0.380. The Morgan fingerprint density at radius 2 is 1.18 bits per heavy atom. The van der Waals surface area contributed by atoms with Gasteiger partial charge in [-0.05, 0) is 6.92 Å². The first-order valence-electron chi connectivity index (χ1n) is 3.69. The van der Waals surface area contributed by atoms with Gasteiger partial charge in [0.1, 0.15) is 5.56 Å². The van der Waals surface area contributed by atoms with Gasteiger partial charge in [0.2, 0.25) is 0 Å². The minimum atomic E-state index is -6.96. The molecule has 1 nitrogen and oxygen atoms in total. The van der Waals surface area contributed by atoms with E-state index in [4.69, 9.17) is 0 Å². The van der Waals surface area contributed by atoms with Crippen LogP contribution in [0.3, 0.4) is 0 Å². The molecule has 0 heterocycles. The summed E-state index contributed by atoms with van der Waals surface area (Å²) in [6.07, 6.45) is -12.9. The van der Waals surface area contributed by atoms with Crippen molar-refractivity contribution in [3.63, 3.8) is 0 Å². The molecule has 0 N–H and O–H groups in total. The highest BCUT2D eigenvalue weighted by molar-refractivity contribution is 6.19. The van der Waals surface area contributed by atoms with Crippen molar-refractivity contribution < 1.29 is 44.3 Å². The highest BCUT2D eigenvalue weighted by Gasteiger charge is 2.83. The number of halogens is 10. The van der Waals surface area contributed by atoms with Gasteiger partial charge in [0, 0.05) is 0 Å². The maximum atomic E-state index is 12.4. The molecule has 0 saturated heterocycles. The van der Waals surface area contributed by atoms with Crippen molar-refractivity contribution in [2.45, 2.75) is 36.6 Å². The largest absolute Gasteiger partial charge is 0.460 e. The van der Waals surface area contributed by atoms with Gasteiger partial charge in [0.05, 0.1) is 0 Å². The molecule has 0 spiro atoms. The van der Waals surface area contributed by atoms with Crippen LogP contribution in [0.1, 0.15) is 6.92 Å². The molecule has 1 atom stereocenters. The zero-order chi connectivity index (χ0) is 14.3. The topological polar surface area (TPSA) is 9.23 Å². The third-order valence-electron chi connectivity index (χ3n) is 1.43. The van der Waals surface area contributed by atoms with E-state index in [-0.39, 0.29) is 0 Å². The zero-order valence-corrected chi connectivity index (χ0v) is 8.52. The van der Waals surface area contributed by atoms with Gasteiger partial charge in [-0.2, -0.15) is 39.5 Å². The Kier molecular flexibility index (Phi) is 4.28. The summed E-state index contributed by atoms with van der Waals surface area (Å²) in [7, 11) is 0. The maximum Gasteiger partial charge on any atom is 0.460 e. The van der Waals surface area contributed by atoms with E-state index >= 15 is 0 Å². The van der Waals surface area contributed by atoms with E-state index < -0.39 is 29.7 Å². The summed E-state index contributed by atoms with van der Waals surface area (Å²) < 4.78 is 112. The lowest BCUT2D eigenvalue weighted by molar-refractivity contribution is -0.445. The molecule has 0 fully saturated rings. The minimum absolute atomic E-state index is 0.539. The molecule has 17 heavy (non-hydrogen) atoms. The fourth-order valence-electron chi connectivity index (χ4n) is 0.639. The molecule has 104 valence electrons. The summed E-state index contributed by atoms with van der Waals surface area (Å²) in [5.74, 6) is -13.8. The SMILES string of the molecule is CC(Cl)OC(F)(F)C(F)(F)C(F)(F)C(F)(F)F. The molecule has 0 aromatic heterocycles. The average Bonchev–Trinajstić information content (AvgIpc) is 1.98. The van der Waals surface area contributed by atoms with E-state index in [1.165, 1.54) is 0 Å². The van der Waals surface area contributed by atoms with Gasteiger partial charge in [0.25, 0.3) is 0 Å². The van der Waals surface area contributed by atoms with Gasteiger partial charge in [0.15, 0.2) is 0 Å². The number of alkyl halides is 10. The molecular weight excluding hydrogens is 294 g/mol. The van der Waals surface area contributed by atoms with Crippen molar-refractivity contribution in [1.29, 1.82) is 0 Å². The molecule has 0 aromatic rings. The Morgan fingerprint density at radius 3 is 1.41 bits per heavy atom. The van der Waals surface area contributed by atoms with Crippen molar-refractivity contribution in [2.24, 2.45) is 0 Å². The number of rotatable bonds is 4. The molecule has 0 aliphatic carbocycles. The van der Waals surface area contributed by atoms with Gasteiger partial charge in [-0.15, -0.1) is 0 Å². The molecule has 0 radical (unpaired) electrons. The fraction of sp³-hybridized carbons (Fsp3) is 1.00. The Balaban J connectivity index is 5.39. The summed E-state index contributed by atoms with van der Waals surface area (Å²) in [4.78, 5) is 0. The molecule has 0 bridgehead atoms. The zero-order valence-electron chi connectivity index (χ0n) is 7.77.